The van der Waals surface area contributed by atoms with Gasteiger partial charge >= 0.3 is 0 Å². The zero-order valence-electron chi connectivity index (χ0n) is 28.0. The molecule has 0 unspecified atom stereocenters. The zero-order valence-corrected chi connectivity index (χ0v) is 28.0. The number of hydrogen-bond donors (Lipinski definition) is 0. The van der Waals surface area contributed by atoms with Gasteiger partial charge in [0, 0.05) is 16.9 Å². The average Bonchev–Trinajstić information content (AvgIpc) is 3.21. The van der Waals surface area contributed by atoms with Crippen molar-refractivity contribution in [1.82, 2.24) is 0 Å². The first-order valence-corrected chi connectivity index (χ1v) is 17.6. The fourth-order valence-electron chi connectivity index (χ4n) is 7.90. The predicted molar refractivity (Wildman–Crippen MR) is 220 cm³/mol. The van der Waals surface area contributed by atoms with Gasteiger partial charge in [-0.1, -0.05) is 164 Å². The molecule has 0 bridgehead atoms. The third-order valence-corrected chi connectivity index (χ3v) is 10.4. The highest BCUT2D eigenvalue weighted by molar-refractivity contribution is 6.17. The van der Waals surface area contributed by atoms with Gasteiger partial charge in [0.05, 0.1) is 5.69 Å². The molecular weight excluding hydrogens is 615 g/mol. The molecule has 10 aromatic rings. The third-order valence-electron chi connectivity index (χ3n) is 10.4. The van der Waals surface area contributed by atoms with Crippen molar-refractivity contribution >= 4 is 70.9 Å². The van der Waals surface area contributed by atoms with E-state index in [0.29, 0.717) is 0 Å². The Labute approximate surface area is 297 Å². The Hall–Kier alpha value is -6.70. The first-order chi connectivity index (χ1) is 25.3. The van der Waals surface area contributed by atoms with Crippen molar-refractivity contribution in [3.05, 3.63) is 200 Å². The molecule has 0 aliphatic heterocycles. The Morgan fingerprint density at radius 1 is 0.255 bits per heavy atom. The lowest BCUT2D eigenvalue weighted by molar-refractivity contribution is 1.29. The molecule has 0 spiro atoms. The van der Waals surface area contributed by atoms with Crippen LogP contribution in [0.15, 0.2) is 200 Å². The highest BCUT2D eigenvalue weighted by Crippen LogP contribution is 2.43. The van der Waals surface area contributed by atoms with E-state index in [1.54, 1.807) is 0 Å². The van der Waals surface area contributed by atoms with E-state index in [-0.39, 0.29) is 0 Å². The van der Waals surface area contributed by atoms with Crippen LogP contribution in [0, 0.1) is 0 Å². The van der Waals surface area contributed by atoms with Crippen molar-refractivity contribution < 1.29 is 0 Å². The summed E-state index contributed by atoms with van der Waals surface area (Å²) >= 11 is 0. The molecule has 10 rings (SSSR count). The van der Waals surface area contributed by atoms with E-state index >= 15 is 0 Å². The smallest absolute Gasteiger partial charge is 0.0540 e. The summed E-state index contributed by atoms with van der Waals surface area (Å²) in [6.07, 6.45) is 0. The summed E-state index contributed by atoms with van der Waals surface area (Å²) in [6.45, 7) is 0. The van der Waals surface area contributed by atoms with Crippen LogP contribution in [0.5, 0.6) is 0 Å². The molecule has 0 aromatic heterocycles. The van der Waals surface area contributed by atoms with Crippen molar-refractivity contribution in [2.45, 2.75) is 0 Å². The fraction of sp³-hybridized carbons (Fsp3) is 0. The van der Waals surface area contributed by atoms with E-state index in [2.05, 4.69) is 205 Å². The van der Waals surface area contributed by atoms with E-state index in [4.69, 9.17) is 0 Å². The minimum atomic E-state index is 1.11. The van der Waals surface area contributed by atoms with Crippen molar-refractivity contribution in [3.8, 4) is 22.3 Å². The molecule has 1 heteroatoms. The monoisotopic (exact) mass is 647 g/mol. The molecule has 0 amide bonds. The van der Waals surface area contributed by atoms with E-state index in [9.17, 15) is 0 Å². The predicted octanol–water partition coefficient (Wildman–Crippen LogP) is 14.3. The summed E-state index contributed by atoms with van der Waals surface area (Å²) in [4.78, 5) is 2.40. The SMILES string of the molecule is c1ccc(-c2ccccc2N(c2ccc(-c3ccc4ccc5c6ccccc6ccc5c4c3)cc2)c2ccc3c(ccc4ccccc43)c2)cc1. The second kappa shape index (κ2) is 12.0. The van der Waals surface area contributed by atoms with Crippen LogP contribution in [-0.2, 0) is 0 Å². The summed E-state index contributed by atoms with van der Waals surface area (Å²) in [7, 11) is 0. The second-order valence-corrected chi connectivity index (χ2v) is 13.3. The van der Waals surface area contributed by atoms with Crippen LogP contribution in [-0.4, -0.2) is 0 Å². The Balaban J connectivity index is 1.11. The van der Waals surface area contributed by atoms with E-state index in [1.807, 2.05) is 0 Å². The lowest BCUT2D eigenvalue weighted by Gasteiger charge is -2.28. The second-order valence-electron chi connectivity index (χ2n) is 13.3. The van der Waals surface area contributed by atoms with Crippen LogP contribution in [0.25, 0.3) is 76.1 Å². The fourth-order valence-corrected chi connectivity index (χ4v) is 7.90. The van der Waals surface area contributed by atoms with Crippen LogP contribution >= 0.6 is 0 Å². The molecule has 0 atom stereocenters. The van der Waals surface area contributed by atoms with Crippen molar-refractivity contribution in [2.75, 3.05) is 4.90 Å². The molecule has 0 heterocycles. The van der Waals surface area contributed by atoms with Crippen molar-refractivity contribution in [3.63, 3.8) is 0 Å². The first kappa shape index (κ1) is 29.2. The van der Waals surface area contributed by atoms with Crippen molar-refractivity contribution in [2.24, 2.45) is 0 Å². The average molecular weight is 648 g/mol. The largest absolute Gasteiger partial charge is 0.310 e. The zero-order chi connectivity index (χ0) is 33.7. The van der Waals surface area contributed by atoms with Gasteiger partial charge in [-0.2, -0.15) is 0 Å². The summed E-state index contributed by atoms with van der Waals surface area (Å²) in [5.41, 5.74) is 8.16. The van der Waals surface area contributed by atoms with Gasteiger partial charge in [-0.25, -0.2) is 0 Å². The van der Waals surface area contributed by atoms with Gasteiger partial charge in [0.25, 0.3) is 0 Å². The number of nitrogens with zero attached hydrogens (tertiary/aromatic N) is 1. The molecule has 10 aromatic carbocycles. The minimum absolute atomic E-state index is 1.11. The lowest BCUT2D eigenvalue weighted by Crippen LogP contribution is -2.11. The topological polar surface area (TPSA) is 3.24 Å². The van der Waals surface area contributed by atoms with E-state index < -0.39 is 0 Å². The maximum atomic E-state index is 2.40. The van der Waals surface area contributed by atoms with Gasteiger partial charge in [0.2, 0.25) is 0 Å². The van der Waals surface area contributed by atoms with Crippen LogP contribution < -0.4 is 4.90 Å². The maximum absolute atomic E-state index is 2.40. The van der Waals surface area contributed by atoms with Gasteiger partial charge in [-0.05, 0) is 107 Å². The first-order valence-electron chi connectivity index (χ1n) is 17.6. The molecule has 0 radical (unpaired) electrons. The Morgan fingerprint density at radius 2 is 0.765 bits per heavy atom. The number of rotatable bonds is 5. The summed E-state index contributed by atoms with van der Waals surface area (Å²) in [6, 6.07) is 73.1. The summed E-state index contributed by atoms with van der Waals surface area (Å²) < 4.78 is 0. The quantitative estimate of drug-likeness (QED) is 0.168. The number of para-hydroxylation sites is 1. The van der Waals surface area contributed by atoms with Crippen LogP contribution in [0.2, 0.25) is 0 Å². The summed E-state index contributed by atoms with van der Waals surface area (Å²) in [5, 5.41) is 12.7. The normalized spacial score (nSPS) is 11.5. The minimum Gasteiger partial charge on any atom is -0.310 e. The molecular formula is C50H33N. The lowest BCUT2D eigenvalue weighted by atomic mass is 9.94. The molecule has 0 N–H and O–H groups in total. The van der Waals surface area contributed by atoms with E-state index in [1.165, 1.54) is 76.1 Å². The third kappa shape index (κ3) is 5.02. The van der Waals surface area contributed by atoms with Gasteiger partial charge < -0.3 is 4.90 Å². The molecule has 0 saturated heterocycles. The molecule has 238 valence electrons. The highest BCUT2D eigenvalue weighted by atomic mass is 15.1. The highest BCUT2D eigenvalue weighted by Gasteiger charge is 2.18. The van der Waals surface area contributed by atoms with Crippen molar-refractivity contribution in [1.29, 1.82) is 0 Å². The molecule has 0 saturated carbocycles. The van der Waals surface area contributed by atoms with Gasteiger partial charge in [0.1, 0.15) is 0 Å². The molecule has 0 aliphatic carbocycles. The number of fused-ring (bicyclic) bond motifs is 8. The van der Waals surface area contributed by atoms with Gasteiger partial charge in [-0.15, -0.1) is 0 Å². The number of anilines is 3. The van der Waals surface area contributed by atoms with Gasteiger partial charge in [0.15, 0.2) is 0 Å². The Kier molecular flexibility index (Phi) is 6.89. The molecule has 1 nitrogen and oxygen atoms in total. The Bertz CT molecular complexity index is 2900. The standard InChI is InChI=1S/C50H33N/c1-2-10-35(11-3-1)46-16-8-9-17-50(46)51(42-28-31-45-40(32-42)21-19-36-12-4-6-14-43(36)45)41-26-22-34(23-27-41)39-20-18-38-25-29-47-44-15-7-5-13-37(44)24-30-48(47)49(38)33-39/h1-33H. The Morgan fingerprint density at radius 3 is 1.55 bits per heavy atom. The van der Waals surface area contributed by atoms with E-state index in [0.717, 1.165) is 17.1 Å². The molecule has 0 fully saturated rings. The summed E-state index contributed by atoms with van der Waals surface area (Å²) in [5.74, 6) is 0. The maximum Gasteiger partial charge on any atom is 0.0540 e. The molecule has 0 aliphatic rings. The van der Waals surface area contributed by atoms with Crippen LogP contribution in [0.3, 0.4) is 0 Å². The van der Waals surface area contributed by atoms with Crippen LogP contribution in [0.4, 0.5) is 17.1 Å². The van der Waals surface area contributed by atoms with Crippen LogP contribution in [0.1, 0.15) is 0 Å². The number of benzene rings is 10. The molecule has 51 heavy (non-hydrogen) atoms. The van der Waals surface area contributed by atoms with Gasteiger partial charge in [-0.3, -0.25) is 0 Å². The number of hydrogen-bond acceptors (Lipinski definition) is 1.